The molecule has 0 aliphatic heterocycles. The molecular formula is C21H24FNO5. The molecule has 0 unspecified atom stereocenters. The van der Waals surface area contributed by atoms with Crippen LogP contribution in [0.5, 0.6) is 11.5 Å². The van der Waals surface area contributed by atoms with Gasteiger partial charge >= 0.3 is 5.97 Å². The number of methoxy groups -OCH3 is 1. The van der Waals surface area contributed by atoms with Gasteiger partial charge in [0.15, 0.2) is 12.2 Å². The normalized spacial score (nSPS) is 10.9. The minimum atomic E-state index is -1.32. The maximum absolute atomic E-state index is 12.9. The minimum Gasteiger partial charge on any atom is -0.496 e. The van der Waals surface area contributed by atoms with Crippen LogP contribution in [0.25, 0.3) is 0 Å². The van der Waals surface area contributed by atoms with Gasteiger partial charge in [0.25, 0.3) is 5.91 Å². The first-order valence-corrected chi connectivity index (χ1v) is 8.82. The second kappa shape index (κ2) is 9.73. The summed E-state index contributed by atoms with van der Waals surface area (Å²) in [5.74, 6) is -0.442. The lowest BCUT2D eigenvalue weighted by Gasteiger charge is -2.24. The third-order valence-corrected chi connectivity index (χ3v) is 3.92. The van der Waals surface area contributed by atoms with Gasteiger partial charge in [0.05, 0.1) is 7.11 Å². The Morgan fingerprint density at radius 3 is 2.43 bits per heavy atom. The van der Waals surface area contributed by atoms with Crippen molar-refractivity contribution in [1.82, 2.24) is 5.32 Å². The number of ether oxygens (including phenoxy) is 3. The van der Waals surface area contributed by atoms with Crippen LogP contribution in [0.4, 0.5) is 4.39 Å². The van der Waals surface area contributed by atoms with Gasteiger partial charge in [-0.15, -0.1) is 0 Å². The Morgan fingerprint density at radius 2 is 1.75 bits per heavy atom. The second-order valence-corrected chi connectivity index (χ2v) is 6.55. The zero-order valence-corrected chi connectivity index (χ0v) is 16.2. The number of carbonyl (C=O) groups excluding carboxylic acids is 2. The first kappa shape index (κ1) is 21.2. The zero-order chi connectivity index (χ0) is 20.6. The molecule has 0 spiro atoms. The van der Waals surface area contributed by atoms with E-state index < -0.39 is 29.9 Å². The third kappa shape index (κ3) is 6.26. The van der Waals surface area contributed by atoms with Gasteiger partial charge in [-0.25, -0.2) is 9.18 Å². The summed E-state index contributed by atoms with van der Waals surface area (Å²) in [6.45, 7) is 2.99. The molecule has 2 aromatic rings. The molecule has 0 aliphatic rings. The molecule has 0 aromatic heterocycles. The topological polar surface area (TPSA) is 73.9 Å². The number of para-hydroxylation sites is 1. The van der Waals surface area contributed by atoms with Crippen molar-refractivity contribution in [3.8, 4) is 11.5 Å². The number of halogens is 1. The fraction of sp³-hybridized carbons (Fsp3) is 0.333. The molecule has 1 amide bonds. The Labute approximate surface area is 163 Å². The van der Waals surface area contributed by atoms with Crippen molar-refractivity contribution in [2.24, 2.45) is 0 Å². The predicted molar refractivity (Wildman–Crippen MR) is 102 cm³/mol. The molecule has 150 valence electrons. The zero-order valence-electron chi connectivity index (χ0n) is 16.2. The molecule has 0 saturated carbocycles. The molecule has 0 saturated heterocycles. The van der Waals surface area contributed by atoms with Gasteiger partial charge < -0.3 is 19.5 Å². The van der Waals surface area contributed by atoms with Gasteiger partial charge in [-0.1, -0.05) is 18.2 Å². The molecule has 2 aromatic carbocycles. The number of carbonyl (C=O) groups is 2. The lowest BCUT2D eigenvalue weighted by Crippen LogP contribution is -2.41. The van der Waals surface area contributed by atoms with Crippen LogP contribution in [0.15, 0.2) is 48.5 Å². The molecule has 0 fully saturated rings. The van der Waals surface area contributed by atoms with Gasteiger partial charge in [-0.3, -0.25) is 4.79 Å². The fourth-order valence-electron chi connectivity index (χ4n) is 2.44. The summed E-state index contributed by atoms with van der Waals surface area (Å²) in [7, 11) is 1.59. The summed E-state index contributed by atoms with van der Waals surface area (Å²) in [6, 6.07) is 12.8. The minimum absolute atomic E-state index is 0.324. The van der Waals surface area contributed by atoms with Crippen LogP contribution in [0.1, 0.15) is 19.4 Å². The predicted octanol–water partition coefficient (Wildman–Crippen LogP) is 2.89. The van der Waals surface area contributed by atoms with Crippen LogP contribution in [0, 0.1) is 5.82 Å². The van der Waals surface area contributed by atoms with Crippen molar-refractivity contribution in [2.75, 3.05) is 20.3 Å². The summed E-state index contributed by atoms with van der Waals surface area (Å²) in [5.41, 5.74) is -0.355. The molecule has 1 N–H and O–H groups in total. The van der Waals surface area contributed by atoms with Gasteiger partial charge in [0.2, 0.25) is 0 Å². The molecule has 2 rings (SSSR count). The van der Waals surface area contributed by atoms with Crippen molar-refractivity contribution in [1.29, 1.82) is 0 Å². The summed E-state index contributed by atoms with van der Waals surface area (Å²) in [4.78, 5) is 24.1. The highest BCUT2D eigenvalue weighted by atomic mass is 19.1. The number of hydrogen-bond donors (Lipinski definition) is 1. The van der Waals surface area contributed by atoms with E-state index in [0.29, 0.717) is 18.7 Å². The smallest absolute Gasteiger partial charge is 0.350 e. The lowest BCUT2D eigenvalue weighted by atomic mass is 10.1. The van der Waals surface area contributed by atoms with E-state index in [4.69, 9.17) is 14.2 Å². The Kier molecular flexibility index (Phi) is 7.37. The number of amides is 1. The van der Waals surface area contributed by atoms with E-state index in [0.717, 1.165) is 11.3 Å². The Hall–Kier alpha value is -3.09. The van der Waals surface area contributed by atoms with Crippen LogP contribution in [0.3, 0.4) is 0 Å². The van der Waals surface area contributed by atoms with Crippen LogP contribution in [-0.2, 0) is 20.7 Å². The second-order valence-electron chi connectivity index (χ2n) is 6.55. The maximum atomic E-state index is 12.9. The van der Waals surface area contributed by atoms with E-state index >= 15 is 0 Å². The molecule has 0 aliphatic carbocycles. The number of esters is 1. The molecule has 0 bridgehead atoms. The number of nitrogens with one attached hydrogen (secondary N) is 1. The number of benzene rings is 2. The van der Waals surface area contributed by atoms with Crippen molar-refractivity contribution in [3.63, 3.8) is 0 Å². The van der Waals surface area contributed by atoms with Crippen molar-refractivity contribution in [2.45, 2.75) is 25.9 Å². The van der Waals surface area contributed by atoms with Crippen LogP contribution in [0.2, 0.25) is 0 Å². The molecule has 0 radical (unpaired) electrons. The highest BCUT2D eigenvalue weighted by Gasteiger charge is 2.32. The monoisotopic (exact) mass is 389 g/mol. The van der Waals surface area contributed by atoms with Crippen molar-refractivity contribution in [3.05, 3.63) is 59.9 Å². The molecule has 28 heavy (non-hydrogen) atoms. The molecule has 7 heteroatoms. The van der Waals surface area contributed by atoms with Crippen LogP contribution >= 0.6 is 0 Å². The summed E-state index contributed by atoms with van der Waals surface area (Å²) < 4.78 is 28.8. The Balaban J connectivity index is 1.76. The van der Waals surface area contributed by atoms with E-state index in [1.165, 1.54) is 38.1 Å². The fourth-order valence-corrected chi connectivity index (χ4v) is 2.44. The SMILES string of the molecule is COc1ccccc1CCNC(=O)COC(=O)C(C)(C)Oc1ccc(F)cc1. The maximum Gasteiger partial charge on any atom is 0.350 e. The lowest BCUT2D eigenvalue weighted by molar-refractivity contribution is -0.162. The average Bonchev–Trinajstić information content (AvgIpc) is 2.68. The highest BCUT2D eigenvalue weighted by molar-refractivity contribution is 5.83. The van der Waals surface area contributed by atoms with Crippen LogP contribution in [-0.4, -0.2) is 37.7 Å². The molecule has 0 heterocycles. The first-order valence-electron chi connectivity index (χ1n) is 8.82. The first-order chi connectivity index (χ1) is 13.3. The van der Waals surface area contributed by atoms with E-state index in [-0.39, 0.29) is 0 Å². The summed E-state index contributed by atoms with van der Waals surface area (Å²) >= 11 is 0. The third-order valence-electron chi connectivity index (χ3n) is 3.92. The highest BCUT2D eigenvalue weighted by Crippen LogP contribution is 2.20. The van der Waals surface area contributed by atoms with E-state index in [1.807, 2.05) is 24.3 Å². The van der Waals surface area contributed by atoms with Gasteiger partial charge in [-0.2, -0.15) is 0 Å². The van der Waals surface area contributed by atoms with Crippen molar-refractivity contribution >= 4 is 11.9 Å². The van der Waals surface area contributed by atoms with E-state index in [2.05, 4.69) is 5.32 Å². The standard InChI is InChI=1S/C21H24FNO5/c1-21(2,28-17-10-8-16(22)9-11-17)20(25)27-14-19(24)23-13-12-15-6-4-5-7-18(15)26-3/h4-11H,12-14H2,1-3H3,(H,23,24). The summed E-state index contributed by atoms with van der Waals surface area (Å²) in [6.07, 6.45) is 0.586. The quantitative estimate of drug-likeness (QED) is 0.668. The van der Waals surface area contributed by atoms with Crippen LogP contribution < -0.4 is 14.8 Å². The van der Waals surface area contributed by atoms with E-state index in [1.54, 1.807) is 7.11 Å². The van der Waals surface area contributed by atoms with E-state index in [9.17, 15) is 14.0 Å². The Morgan fingerprint density at radius 1 is 1.07 bits per heavy atom. The molecule has 6 nitrogen and oxygen atoms in total. The largest absolute Gasteiger partial charge is 0.496 e. The molecule has 0 atom stereocenters. The number of hydrogen-bond acceptors (Lipinski definition) is 5. The van der Waals surface area contributed by atoms with Crippen molar-refractivity contribution < 1.29 is 28.2 Å². The Bertz CT molecular complexity index is 805. The number of rotatable bonds is 9. The van der Waals surface area contributed by atoms with Gasteiger partial charge in [0.1, 0.15) is 17.3 Å². The van der Waals surface area contributed by atoms with Gasteiger partial charge in [-0.05, 0) is 56.2 Å². The van der Waals surface area contributed by atoms with Gasteiger partial charge in [0, 0.05) is 6.54 Å². The average molecular weight is 389 g/mol. The summed E-state index contributed by atoms with van der Waals surface area (Å²) in [5, 5.41) is 2.69. The molecular weight excluding hydrogens is 365 g/mol.